The molecule has 1 unspecified atom stereocenters. The standard InChI is InChI=1S/C17H24N6O/c1-3-5-14-19-15(21-20-14)12-8-23(10-17(12)6-4-7-17)16(24)13-9-22(2)11-18-13/h9,11-12H,3-8,10H2,1-2H3,(H,19,20,21). The summed E-state index contributed by atoms with van der Waals surface area (Å²) in [5.74, 6) is 2.10. The molecule has 3 heterocycles. The van der Waals surface area contributed by atoms with Crippen LogP contribution in [0.1, 0.15) is 60.7 Å². The molecule has 0 bridgehead atoms. The Balaban J connectivity index is 1.57. The third-order valence-corrected chi connectivity index (χ3v) is 5.56. The van der Waals surface area contributed by atoms with E-state index in [0.29, 0.717) is 12.2 Å². The third-order valence-electron chi connectivity index (χ3n) is 5.56. The van der Waals surface area contributed by atoms with Crippen LogP contribution in [0, 0.1) is 5.41 Å². The lowest BCUT2D eigenvalue weighted by Gasteiger charge is -2.41. The van der Waals surface area contributed by atoms with E-state index in [1.54, 1.807) is 12.5 Å². The van der Waals surface area contributed by atoms with Gasteiger partial charge in [-0.15, -0.1) is 0 Å². The minimum absolute atomic E-state index is 0.0219. The summed E-state index contributed by atoms with van der Waals surface area (Å²) in [7, 11) is 1.88. The second-order valence-corrected chi connectivity index (χ2v) is 7.27. The largest absolute Gasteiger partial charge is 0.340 e. The molecule has 2 aromatic heterocycles. The Morgan fingerprint density at radius 2 is 2.29 bits per heavy atom. The Kier molecular flexibility index (Phi) is 3.66. The van der Waals surface area contributed by atoms with Gasteiger partial charge in [0.1, 0.15) is 11.5 Å². The van der Waals surface area contributed by atoms with E-state index in [0.717, 1.165) is 43.9 Å². The van der Waals surface area contributed by atoms with E-state index in [-0.39, 0.29) is 17.2 Å². The molecule has 2 aromatic rings. The molecule has 1 spiro atoms. The van der Waals surface area contributed by atoms with Crippen LogP contribution in [0.2, 0.25) is 0 Å². The number of hydrogen-bond acceptors (Lipinski definition) is 4. The van der Waals surface area contributed by atoms with Gasteiger partial charge in [0.05, 0.1) is 6.33 Å². The number of aromatic nitrogens is 5. The zero-order valence-electron chi connectivity index (χ0n) is 14.3. The summed E-state index contributed by atoms with van der Waals surface area (Å²) in [5.41, 5.74) is 0.685. The topological polar surface area (TPSA) is 79.7 Å². The second kappa shape index (κ2) is 5.72. The maximum Gasteiger partial charge on any atom is 0.274 e. The van der Waals surface area contributed by atoms with Crippen LogP contribution in [-0.2, 0) is 13.5 Å². The average molecular weight is 328 g/mol. The normalized spacial score (nSPS) is 22.1. The summed E-state index contributed by atoms with van der Waals surface area (Å²) in [6.07, 6.45) is 8.97. The highest BCUT2D eigenvalue weighted by Gasteiger charge is 2.53. The van der Waals surface area contributed by atoms with Crippen molar-refractivity contribution in [2.45, 2.75) is 44.9 Å². The van der Waals surface area contributed by atoms with Crippen LogP contribution in [0.4, 0.5) is 0 Å². The van der Waals surface area contributed by atoms with Gasteiger partial charge in [-0.05, 0) is 24.7 Å². The number of likely N-dealkylation sites (tertiary alicyclic amines) is 1. The lowest BCUT2D eigenvalue weighted by molar-refractivity contribution is 0.0719. The number of imidazole rings is 1. The molecule has 0 aromatic carbocycles. The van der Waals surface area contributed by atoms with Gasteiger partial charge in [-0.25, -0.2) is 9.97 Å². The van der Waals surface area contributed by atoms with Gasteiger partial charge < -0.3 is 9.47 Å². The molecule has 7 nitrogen and oxygen atoms in total. The van der Waals surface area contributed by atoms with Crippen molar-refractivity contribution in [2.75, 3.05) is 13.1 Å². The van der Waals surface area contributed by atoms with Crippen LogP contribution in [0.15, 0.2) is 12.5 Å². The zero-order chi connectivity index (χ0) is 16.7. The number of nitrogens with zero attached hydrogens (tertiary/aromatic N) is 5. The summed E-state index contributed by atoms with van der Waals surface area (Å²) >= 11 is 0. The van der Waals surface area contributed by atoms with Gasteiger partial charge in [-0.2, -0.15) is 5.10 Å². The van der Waals surface area contributed by atoms with Gasteiger partial charge >= 0.3 is 0 Å². The van der Waals surface area contributed by atoms with E-state index in [1.165, 1.54) is 6.42 Å². The average Bonchev–Trinajstić information content (AvgIpc) is 3.23. The minimum atomic E-state index is 0.0219. The number of carbonyl (C=O) groups excluding carboxylic acids is 1. The predicted molar refractivity (Wildman–Crippen MR) is 88.5 cm³/mol. The number of H-pyrrole nitrogens is 1. The van der Waals surface area contributed by atoms with Crippen molar-refractivity contribution < 1.29 is 4.79 Å². The molecular formula is C17H24N6O. The van der Waals surface area contributed by atoms with E-state index < -0.39 is 0 Å². The molecule has 1 aliphatic carbocycles. The molecule has 1 N–H and O–H groups in total. The number of hydrogen-bond donors (Lipinski definition) is 1. The van der Waals surface area contributed by atoms with Crippen LogP contribution in [0.25, 0.3) is 0 Å². The Morgan fingerprint density at radius 1 is 1.46 bits per heavy atom. The summed E-state index contributed by atoms with van der Waals surface area (Å²) in [6.45, 7) is 3.63. The van der Waals surface area contributed by atoms with Gasteiger partial charge in [0, 0.05) is 38.7 Å². The van der Waals surface area contributed by atoms with Gasteiger partial charge in [0.15, 0.2) is 5.82 Å². The minimum Gasteiger partial charge on any atom is -0.340 e. The highest BCUT2D eigenvalue weighted by molar-refractivity contribution is 5.92. The quantitative estimate of drug-likeness (QED) is 0.929. The molecule has 1 aliphatic heterocycles. The predicted octanol–water partition coefficient (Wildman–Crippen LogP) is 1.90. The van der Waals surface area contributed by atoms with Crippen LogP contribution in [0.5, 0.6) is 0 Å². The molecule has 0 radical (unpaired) electrons. The summed E-state index contributed by atoms with van der Waals surface area (Å²) in [6, 6.07) is 0. The van der Waals surface area contributed by atoms with E-state index in [4.69, 9.17) is 4.98 Å². The molecular weight excluding hydrogens is 304 g/mol. The maximum atomic E-state index is 12.8. The fourth-order valence-electron chi connectivity index (χ4n) is 4.12. The van der Waals surface area contributed by atoms with E-state index in [2.05, 4.69) is 22.1 Å². The molecule has 2 aliphatic rings. The number of rotatable bonds is 4. The van der Waals surface area contributed by atoms with Crippen molar-refractivity contribution in [1.29, 1.82) is 0 Å². The summed E-state index contributed by atoms with van der Waals surface area (Å²) in [5, 5.41) is 7.54. The first-order valence-corrected chi connectivity index (χ1v) is 8.80. The van der Waals surface area contributed by atoms with Crippen molar-refractivity contribution in [3.63, 3.8) is 0 Å². The zero-order valence-corrected chi connectivity index (χ0v) is 14.3. The molecule has 7 heteroatoms. The molecule has 2 fully saturated rings. The Hall–Kier alpha value is -2.18. The van der Waals surface area contributed by atoms with E-state index in [1.807, 2.05) is 16.5 Å². The fourth-order valence-corrected chi connectivity index (χ4v) is 4.12. The molecule has 1 amide bonds. The number of aryl methyl sites for hydroxylation is 2. The molecule has 4 rings (SSSR count). The third kappa shape index (κ3) is 2.42. The second-order valence-electron chi connectivity index (χ2n) is 7.27. The monoisotopic (exact) mass is 328 g/mol. The first-order chi connectivity index (χ1) is 11.6. The molecule has 1 saturated carbocycles. The summed E-state index contributed by atoms with van der Waals surface area (Å²) < 4.78 is 1.81. The lowest BCUT2D eigenvalue weighted by Crippen LogP contribution is -2.38. The van der Waals surface area contributed by atoms with E-state index in [9.17, 15) is 4.79 Å². The maximum absolute atomic E-state index is 12.8. The highest BCUT2D eigenvalue weighted by atomic mass is 16.2. The number of carbonyl (C=O) groups is 1. The number of nitrogens with one attached hydrogen (secondary N) is 1. The van der Waals surface area contributed by atoms with Crippen molar-refractivity contribution in [1.82, 2.24) is 29.6 Å². The van der Waals surface area contributed by atoms with Crippen molar-refractivity contribution in [3.05, 3.63) is 29.9 Å². The van der Waals surface area contributed by atoms with Gasteiger partial charge in [-0.3, -0.25) is 9.89 Å². The van der Waals surface area contributed by atoms with Gasteiger partial charge in [-0.1, -0.05) is 13.3 Å². The number of aromatic amines is 1. The van der Waals surface area contributed by atoms with Crippen LogP contribution in [0.3, 0.4) is 0 Å². The number of amides is 1. The Morgan fingerprint density at radius 3 is 2.92 bits per heavy atom. The van der Waals surface area contributed by atoms with Crippen molar-refractivity contribution in [3.8, 4) is 0 Å². The summed E-state index contributed by atoms with van der Waals surface area (Å²) in [4.78, 5) is 23.6. The van der Waals surface area contributed by atoms with Crippen LogP contribution >= 0.6 is 0 Å². The highest BCUT2D eigenvalue weighted by Crippen LogP contribution is 2.55. The van der Waals surface area contributed by atoms with Crippen molar-refractivity contribution >= 4 is 5.91 Å². The molecule has 128 valence electrons. The SMILES string of the molecule is CCCc1nc(C2CN(C(=O)c3cn(C)cn3)CC23CCC3)n[nH]1. The van der Waals surface area contributed by atoms with Crippen molar-refractivity contribution in [2.24, 2.45) is 12.5 Å². The molecule has 1 saturated heterocycles. The van der Waals surface area contributed by atoms with E-state index >= 15 is 0 Å². The first-order valence-electron chi connectivity index (χ1n) is 8.80. The Bertz CT molecular complexity index is 744. The Labute approximate surface area is 141 Å². The lowest BCUT2D eigenvalue weighted by atomic mass is 9.62. The molecule has 1 atom stereocenters. The fraction of sp³-hybridized carbons (Fsp3) is 0.647. The van der Waals surface area contributed by atoms with Gasteiger partial charge in [0.2, 0.25) is 0 Å². The molecule has 24 heavy (non-hydrogen) atoms. The van der Waals surface area contributed by atoms with Gasteiger partial charge in [0.25, 0.3) is 5.91 Å². The smallest absolute Gasteiger partial charge is 0.274 e. The first kappa shape index (κ1) is 15.4. The van der Waals surface area contributed by atoms with Crippen LogP contribution < -0.4 is 0 Å². The van der Waals surface area contributed by atoms with Crippen LogP contribution in [-0.4, -0.2) is 48.6 Å².